The molecule has 1 N–H and O–H groups in total. The van der Waals surface area contributed by atoms with Gasteiger partial charge in [-0.25, -0.2) is 4.79 Å². The Morgan fingerprint density at radius 2 is 2.12 bits per heavy atom. The van der Waals surface area contributed by atoms with Crippen molar-refractivity contribution in [3.05, 3.63) is 29.6 Å². The van der Waals surface area contributed by atoms with Crippen molar-refractivity contribution in [2.75, 3.05) is 7.05 Å². The van der Waals surface area contributed by atoms with Crippen LogP contribution in [-0.2, 0) is 9.59 Å². The fraction of sp³-hybridized carbons (Fsp3) is 0.364. The number of hydrogen-bond acceptors (Lipinski definition) is 3. The molecule has 1 aromatic heterocycles. The second-order valence-corrected chi connectivity index (χ2v) is 3.60. The van der Waals surface area contributed by atoms with Crippen molar-refractivity contribution in [3.63, 3.8) is 0 Å². The van der Waals surface area contributed by atoms with Crippen LogP contribution in [0.1, 0.15) is 24.1 Å². The standard InChI is InChI=1S/C11H14N2O3/c1-7-4-5-12-6-9(7)10(11(15)16)13(3)8(2)14/h4-6,10H,1-3H3,(H,15,16). The van der Waals surface area contributed by atoms with Gasteiger partial charge in [0.1, 0.15) is 0 Å². The molecule has 0 fully saturated rings. The van der Waals surface area contributed by atoms with Gasteiger partial charge in [0.05, 0.1) is 0 Å². The molecule has 0 bridgehead atoms. The normalized spacial score (nSPS) is 11.9. The fourth-order valence-corrected chi connectivity index (χ4v) is 1.45. The lowest BCUT2D eigenvalue weighted by Gasteiger charge is -2.24. The summed E-state index contributed by atoms with van der Waals surface area (Å²) in [6.45, 7) is 3.13. The maximum atomic E-state index is 11.2. The predicted molar refractivity (Wildman–Crippen MR) is 57.8 cm³/mol. The molecule has 86 valence electrons. The van der Waals surface area contributed by atoms with Crippen LogP contribution in [0.25, 0.3) is 0 Å². The number of amides is 1. The van der Waals surface area contributed by atoms with Gasteiger partial charge in [-0.15, -0.1) is 0 Å². The van der Waals surface area contributed by atoms with Gasteiger partial charge in [0.15, 0.2) is 6.04 Å². The number of carboxylic acid groups (broad SMARTS) is 1. The first-order valence-corrected chi connectivity index (χ1v) is 4.82. The number of pyridine rings is 1. The molecule has 0 saturated carbocycles. The Bertz CT molecular complexity index is 417. The van der Waals surface area contributed by atoms with Gasteiger partial charge >= 0.3 is 5.97 Å². The summed E-state index contributed by atoms with van der Waals surface area (Å²) < 4.78 is 0. The first-order valence-electron chi connectivity index (χ1n) is 4.82. The highest BCUT2D eigenvalue weighted by Gasteiger charge is 2.27. The van der Waals surface area contributed by atoms with Crippen molar-refractivity contribution < 1.29 is 14.7 Å². The van der Waals surface area contributed by atoms with Crippen molar-refractivity contribution in [1.82, 2.24) is 9.88 Å². The van der Waals surface area contributed by atoms with E-state index in [-0.39, 0.29) is 5.91 Å². The van der Waals surface area contributed by atoms with Gasteiger partial charge in [0.25, 0.3) is 0 Å². The Balaban J connectivity index is 3.18. The lowest BCUT2D eigenvalue weighted by atomic mass is 10.0. The van der Waals surface area contributed by atoms with Gasteiger partial charge in [0.2, 0.25) is 5.91 Å². The second-order valence-electron chi connectivity index (χ2n) is 3.60. The zero-order valence-corrected chi connectivity index (χ0v) is 9.47. The summed E-state index contributed by atoms with van der Waals surface area (Å²) in [4.78, 5) is 27.5. The molecule has 1 heterocycles. The molecule has 1 aromatic rings. The van der Waals surface area contributed by atoms with Gasteiger partial charge in [-0.2, -0.15) is 0 Å². The summed E-state index contributed by atoms with van der Waals surface area (Å²) in [5, 5.41) is 9.15. The lowest BCUT2D eigenvalue weighted by molar-refractivity contribution is -0.148. The number of nitrogens with zero attached hydrogens (tertiary/aromatic N) is 2. The number of carbonyl (C=O) groups excluding carboxylic acids is 1. The molecule has 0 aliphatic carbocycles. The van der Waals surface area contributed by atoms with Gasteiger partial charge in [0, 0.05) is 31.9 Å². The average molecular weight is 222 g/mol. The van der Waals surface area contributed by atoms with Crippen LogP contribution in [0.4, 0.5) is 0 Å². The summed E-state index contributed by atoms with van der Waals surface area (Å²) in [5.74, 6) is -1.36. The molecule has 0 saturated heterocycles. The van der Waals surface area contributed by atoms with E-state index in [0.29, 0.717) is 5.56 Å². The topological polar surface area (TPSA) is 70.5 Å². The quantitative estimate of drug-likeness (QED) is 0.828. The first-order chi connectivity index (χ1) is 7.45. The number of likely N-dealkylation sites (N-methyl/N-ethyl adjacent to an activating group) is 1. The van der Waals surface area contributed by atoms with Crippen LogP contribution >= 0.6 is 0 Å². The van der Waals surface area contributed by atoms with E-state index >= 15 is 0 Å². The van der Waals surface area contributed by atoms with Crippen molar-refractivity contribution in [2.24, 2.45) is 0 Å². The molecule has 0 radical (unpaired) electrons. The Morgan fingerprint density at radius 3 is 2.56 bits per heavy atom. The molecule has 0 aliphatic rings. The van der Waals surface area contributed by atoms with Crippen molar-refractivity contribution >= 4 is 11.9 Å². The minimum atomic E-state index is -1.06. The second kappa shape index (κ2) is 4.74. The average Bonchev–Trinajstić information content (AvgIpc) is 2.20. The third kappa shape index (κ3) is 2.36. The zero-order chi connectivity index (χ0) is 12.3. The summed E-state index contributed by atoms with van der Waals surface area (Å²) >= 11 is 0. The molecule has 0 spiro atoms. The van der Waals surface area contributed by atoms with Gasteiger partial charge in [-0.3, -0.25) is 9.78 Å². The molecule has 1 amide bonds. The highest BCUT2D eigenvalue weighted by molar-refractivity contribution is 5.83. The Hall–Kier alpha value is -1.91. The maximum Gasteiger partial charge on any atom is 0.331 e. The summed E-state index contributed by atoms with van der Waals surface area (Å²) in [6.07, 6.45) is 3.07. The van der Waals surface area contributed by atoms with E-state index in [2.05, 4.69) is 4.98 Å². The fourth-order valence-electron chi connectivity index (χ4n) is 1.45. The van der Waals surface area contributed by atoms with Crippen LogP contribution < -0.4 is 0 Å². The Morgan fingerprint density at radius 1 is 1.50 bits per heavy atom. The lowest BCUT2D eigenvalue weighted by Crippen LogP contribution is -2.34. The van der Waals surface area contributed by atoms with Crippen LogP contribution in [-0.4, -0.2) is 33.9 Å². The molecule has 16 heavy (non-hydrogen) atoms. The molecule has 0 aromatic carbocycles. The van der Waals surface area contributed by atoms with Crippen molar-refractivity contribution in [3.8, 4) is 0 Å². The van der Waals surface area contributed by atoms with Crippen LogP contribution in [0.2, 0.25) is 0 Å². The van der Waals surface area contributed by atoms with Crippen LogP contribution in [0.5, 0.6) is 0 Å². The predicted octanol–water partition coefficient (Wildman–Crippen LogP) is 0.994. The van der Waals surface area contributed by atoms with E-state index < -0.39 is 12.0 Å². The highest BCUT2D eigenvalue weighted by atomic mass is 16.4. The first kappa shape index (κ1) is 12.2. The molecular weight excluding hydrogens is 208 g/mol. The van der Waals surface area contributed by atoms with E-state index in [9.17, 15) is 9.59 Å². The minimum Gasteiger partial charge on any atom is -0.479 e. The number of carbonyl (C=O) groups is 2. The number of rotatable bonds is 3. The van der Waals surface area contributed by atoms with E-state index in [4.69, 9.17) is 5.11 Å². The molecule has 5 nitrogen and oxygen atoms in total. The molecule has 5 heteroatoms. The largest absolute Gasteiger partial charge is 0.479 e. The van der Waals surface area contributed by atoms with Crippen LogP contribution in [0.15, 0.2) is 18.5 Å². The highest BCUT2D eigenvalue weighted by Crippen LogP contribution is 2.22. The molecular formula is C11H14N2O3. The maximum absolute atomic E-state index is 11.2. The summed E-state index contributed by atoms with van der Waals surface area (Å²) in [6, 6.07) is 0.741. The Kier molecular flexibility index (Phi) is 3.60. The van der Waals surface area contributed by atoms with Crippen molar-refractivity contribution in [1.29, 1.82) is 0 Å². The number of aliphatic carboxylic acids is 1. The smallest absolute Gasteiger partial charge is 0.331 e. The molecule has 1 unspecified atom stereocenters. The summed E-state index contributed by atoms with van der Waals surface area (Å²) in [5.41, 5.74) is 1.34. The summed E-state index contributed by atoms with van der Waals surface area (Å²) in [7, 11) is 1.47. The SMILES string of the molecule is CC(=O)N(C)C(C(=O)O)c1cnccc1C. The van der Waals surface area contributed by atoms with E-state index in [1.165, 1.54) is 25.1 Å². The number of aryl methyl sites for hydroxylation is 1. The van der Waals surface area contributed by atoms with Gasteiger partial charge in [-0.05, 0) is 18.6 Å². The van der Waals surface area contributed by atoms with E-state index in [0.717, 1.165) is 5.56 Å². The third-order valence-electron chi connectivity index (χ3n) is 2.49. The number of aromatic nitrogens is 1. The van der Waals surface area contributed by atoms with E-state index in [1.807, 2.05) is 0 Å². The van der Waals surface area contributed by atoms with Crippen molar-refractivity contribution in [2.45, 2.75) is 19.9 Å². The van der Waals surface area contributed by atoms with Crippen LogP contribution in [0, 0.1) is 6.92 Å². The van der Waals surface area contributed by atoms with E-state index in [1.54, 1.807) is 19.2 Å². The Labute approximate surface area is 93.7 Å². The molecule has 1 rings (SSSR count). The number of hydrogen-bond donors (Lipinski definition) is 1. The third-order valence-corrected chi connectivity index (χ3v) is 2.49. The molecule has 0 aliphatic heterocycles. The molecule has 1 atom stereocenters. The monoisotopic (exact) mass is 222 g/mol. The van der Waals surface area contributed by atoms with Gasteiger partial charge in [-0.1, -0.05) is 0 Å². The van der Waals surface area contributed by atoms with Crippen LogP contribution in [0.3, 0.4) is 0 Å². The van der Waals surface area contributed by atoms with Gasteiger partial charge < -0.3 is 10.0 Å². The minimum absolute atomic E-state index is 0.296. The zero-order valence-electron chi connectivity index (χ0n) is 9.47. The number of carboxylic acids is 1.